The minimum atomic E-state index is -0.139. The van der Waals surface area contributed by atoms with E-state index >= 15 is 0 Å². The lowest BCUT2D eigenvalue weighted by molar-refractivity contribution is 1.21. The fraction of sp³-hybridized carbons (Fsp3) is 0. The standard InChI is InChI=1S/C62H36B2N4/c1-3-21-41(22-4-1)65-53-35-39-19-9-7-17-37(39)33-49(53)63-57-55(47-29-15-27-45-43-25-11-13-31-51(43)67(63)59(45)47)56-48-30-16-28-46-44-26-12-14-32-52(44)68(60(46)48)64-50-34-38-18-8-10-20-40(38)36-54(50)66(42-23-5-2-6-24-42)62(58(56)64)61(57)65/h1-36H. The SMILES string of the molecule is c1ccc(N2c3cc4ccccc4cc3B3c4c(c5c6c(c42)N(c2ccccc2)c2cc4ccccc4cc2B6n2c4ccccc4c4cccc-5c42)-c2cccc4c5ccccc5n3c24)cc1. The molecule has 0 unspecified atom stereocenters. The smallest absolute Gasteiger partial charge is 0.333 e. The monoisotopic (exact) mass is 858 g/mol. The predicted octanol–water partition coefficient (Wildman–Crippen LogP) is 13.0. The molecule has 6 heterocycles. The number of aromatic nitrogens is 2. The van der Waals surface area contributed by atoms with Crippen LogP contribution >= 0.6 is 0 Å². The average Bonchev–Trinajstić information content (AvgIpc) is 3.92. The summed E-state index contributed by atoms with van der Waals surface area (Å²) >= 11 is 0. The highest BCUT2D eigenvalue weighted by Crippen LogP contribution is 2.56. The topological polar surface area (TPSA) is 16.3 Å². The molecule has 0 spiro atoms. The number of fused-ring (bicyclic) bond motifs is 18. The van der Waals surface area contributed by atoms with Crippen LogP contribution in [0.15, 0.2) is 218 Å². The molecule has 4 aliphatic heterocycles. The maximum Gasteiger partial charge on any atom is 0.333 e. The summed E-state index contributed by atoms with van der Waals surface area (Å²) in [5.41, 5.74) is 22.8. The third kappa shape index (κ3) is 4.22. The van der Waals surface area contributed by atoms with Crippen LogP contribution in [0.3, 0.4) is 0 Å². The summed E-state index contributed by atoms with van der Waals surface area (Å²) in [6.07, 6.45) is 0. The van der Waals surface area contributed by atoms with Gasteiger partial charge in [0, 0.05) is 77.5 Å². The van der Waals surface area contributed by atoms with Crippen LogP contribution in [0.1, 0.15) is 0 Å². The third-order valence-electron chi connectivity index (χ3n) is 15.9. The van der Waals surface area contributed by atoms with Crippen molar-refractivity contribution >= 4 is 135 Å². The van der Waals surface area contributed by atoms with Gasteiger partial charge in [-0.1, -0.05) is 170 Å². The van der Waals surface area contributed by atoms with Gasteiger partial charge in [0.15, 0.2) is 0 Å². The van der Waals surface area contributed by atoms with Crippen molar-refractivity contribution in [2.45, 2.75) is 0 Å². The quantitative estimate of drug-likeness (QED) is 0.161. The highest BCUT2D eigenvalue weighted by Gasteiger charge is 2.52. The molecule has 0 amide bonds. The number of benzene rings is 11. The van der Waals surface area contributed by atoms with E-state index in [-0.39, 0.29) is 13.7 Å². The number of rotatable bonds is 2. The van der Waals surface area contributed by atoms with Crippen LogP contribution in [0.2, 0.25) is 0 Å². The normalized spacial score (nSPS) is 13.8. The van der Waals surface area contributed by atoms with E-state index < -0.39 is 0 Å². The first-order valence-corrected chi connectivity index (χ1v) is 23.8. The maximum absolute atomic E-state index is 2.72. The fourth-order valence-corrected chi connectivity index (χ4v) is 13.4. The van der Waals surface area contributed by atoms with Crippen LogP contribution in [-0.2, 0) is 0 Å². The molecule has 68 heavy (non-hydrogen) atoms. The number of nitrogens with zero attached hydrogens (tertiary/aromatic N) is 4. The molecule has 0 atom stereocenters. The molecular weight excluding hydrogens is 822 g/mol. The Kier molecular flexibility index (Phi) is 6.57. The summed E-state index contributed by atoms with van der Waals surface area (Å²) in [4.78, 5) is 5.29. The number of anilines is 6. The van der Waals surface area contributed by atoms with E-state index in [1.807, 2.05) is 0 Å². The zero-order chi connectivity index (χ0) is 43.9. The Balaban J connectivity index is 1.18. The highest BCUT2D eigenvalue weighted by molar-refractivity contribution is 6.94. The van der Waals surface area contributed by atoms with E-state index in [0.29, 0.717) is 0 Å². The van der Waals surface area contributed by atoms with Crippen molar-refractivity contribution in [3.05, 3.63) is 218 Å². The van der Waals surface area contributed by atoms with Gasteiger partial charge in [0.05, 0.1) is 11.4 Å². The summed E-state index contributed by atoms with van der Waals surface area (Å²) in [7, 11) is 0. The molecular formula is C62H36B2N4. The molecule has 2 aromatic heterocycles. The summed E-state index contributed by atoms with van der Waals surface area (Å²) in [5.74, 6) is 0. The molecule has 0 aliphatic carbocycles. The van der Waals surface area contributed by atoms with Crippen molar-refractivity contribution in [2.24, 2.45) is 0 Å². The molecule has 13 aromatic rings. The van der Waals surface area contributed by atoms with Crippen molar-refractivity contribution in [3.8, 4) is 22.3 Å². The third-order valence-corrected chi connectivity index (χ3v) is 15.9. The van der Waals surface area contributed by atoms with Gasteiger partial charge in [-0.05, 0) is 103 Å². The molecule has 4 aliphatic rings. The van der Waals surface area contributed by atoms with Gasteiger partial charge in [0.1, 0.15) is 0 Å². The fourth-order valence-electron chi connectivity index (χ4n) is 13.4. The first-order valence-electron chi connectivity index (χ1n) is 23.8. The van der Waals surface area contributed by atoms with Gasteiger partial charge in [-0.2, -0.15) is 0 Å². The molecule has 0 saturated heterocycles. The largest absolute Gasteiger partial charge is 0.375 e. The molecule has 6 heteroatoms. The highest BCUT2D eigenvalue weighted by atomic mass is 15.2. The molecule has 4 nitrogen and oxygen atoms in total. The molecule has 0 bridgehead atoms. The van der Waals surface area contributed by atoms with Gasteiger partial charge >= 0.3 is 13.7 Å². The number of hydrogen-bond donors (Lipinski definition) is 0. The van der Waals surface area contributed by atoms with E-state index in [9.17, 15) is 0 Å². The van der Waals surface area contributed by atoms with Crippen LogP contribution < -0.4 is 31.7 Å². The van der Waals surface area contributed by atoms with Gasteiger partial charge in [-0.25, -0.2) is 0 Å². The summed E-state index contributed by atoms with van der Waals surface area (Å²) in [5, 5.41) is 10.1. The average molecular weight is 859 g/mol. The maximum atomic E-state index is 2.72. The molecule has 0 fully saturated rings. The Labute approximate surface area is 392 Å². The van der Waals surface area contributed by atoms with E-state index in [0.717, 1.165) is 11.4 Å². The predicted molar refractivity (Wildman–Crippen MR) is 289 cm³/mol. The second-order valence-electron chi connectivity index (χ2n) is 19.1. The zero-order valence-corrected chi connectivity index (χ0v) is 36.7. The van der Waals surface area contributed by atoms with E-state index in [1.54, 1.807) is 0 Å². The first kappa shape index (κ1) is 35.5. The lowest BCUT2D eigenvalue weighted by atomic mass is 9.40. The minimum absolute atomic E-state index is 0.139. The molecule has 17 rings (SSSR count). The number of para-hydroxylation sites is 6. The van der Waals surface area contributed by atoms with E-state index in [4.69, 9.17) is 0 Å². The van der Waals surface area contributed by atoms with Crippen molar-refractivity contribution < 1.29 is 0 Å². The van der Waals surface area contributed by atoms with Gasteiger partial charge in [0.2, 0.25) is 0 Å². The molecule has 310 valence electrons. The summed E-state index contributed by atoms with van der Waals surface area (Å²) < 4.78 is 5.44. The van der Waals surface area contributed by atoms with Gasteiger partial charge in [-0.3, -0.25) is 0 Å². The molecule has 0 saturated carbocycles. The Morgan fingerprint density at radius 3 is 1.12 bits per heavy atom. The second kappa shape index (κ2) is 12.6. The lowest BCUT2D eigenvalue weighted by Gasteiger charge is -2.48. The van der Waals surface area contributed by atoms with Crippen LogP contribution in [0.25, 0.3) is 87.4 Å². The van der Waals surface area contributed by atoms with Crippen molar-refractivity contribution in [3.63, 3.8) is 0 Å². The minimum Gasteiger partial charge on any atom is -0.375 e. The molecule has 11 aromatic carbocycles. The van der Waals surface area contributed by atoms with E-state index in [2.05, 4.69) is 237 Å². The second-order valence-corrected chi connectivity index (χ2v) is 19.1. The van der Waals surface area contributed by atoms with Crippen LogP contribution in [0.4, 0.5) is 34.1 Å². The molecule has 0 N–H and O–H groups in total. The van der Waals surface area contributed by atoms with Gasteiger partial charge in [-0.15, -0.1) is 0 Å². The Hall–Kier alpha value is -8.73. The summed E-state index contributed by atoms with van der Waals surface area (Å²) in [6, 6.07) is 82.6. The first-order chi connectivity index (χ1) is 33.8. The van der Waals surface area contributed by atoms with E-state index in [1.165, 1.54) is 132 Å². The van der Waals surface area contributed by atoms with Crippen LogP contribution in [0.5, 0.6) is 0 Å². The number of hydrogen-bond acceptors (Lipinski definition) is 2. The zero-order valence-electron chi connectivity index (χ0n) is 36.7. The van der Waals surface area contributed by atoms with Crippen LogP contribution in [0, 0.1) is 0 Å². The lowest BCUT2D eigenvalue weighted by Crippen LogP contribution is -2.62. The van der Waals surface area contributed by atoms with Gasteiger partial charge < -0.3 is 18.8 Å². The summed E-state index contributed by atoms with van der Waals surface area (Å²) in [6.45, 7) is -0.279. The van der Waals surface area contributed by atoms with Gasteiger partial charge in [0.25, 0.3) is 0 Å². The van der Waals surface area contributed by atoms with Crippen molar-refractivity contribution in [1.29, 1.82) is 0 Å². The van der Waals surface area contributed by atoms with Crippen molar-refractivity contribution in [1.82, 2.24) is 8.96 Å². The van der Waals surface area contributed by atoms with Crippen molar-refractivity contribution in [2.75, 3.05) is 9.80 Å². The Morgan fingerprint density at radius 2 is 0.676 bits per heavy atom. The Bertz CT molecular complexity index is 4130. The van der Waals surface area contributed by atoms with Crippen LogP contribution in [-0.4, -0.2) is 22.7 Å². The molecule has 0 radical (unpaired) electrons. The Morgan fingerprint density at radius 1 is 0.309 bits per heavy atom.